The van der Waals surface area contributed by atoms with Crippen molar-refractivity contribution in [3.8, 4) is 0 Å². The molecule has 1 aromatic carbocycles. The Morgan fingerprint density at radius 2 is 1.91 bits per heavy atom. The molecule has 2 fully saturated rings. The summed E-state index contributed by atoms with van der Waals surface area (Å²) in [5, 5.41) is 12.2. The lowest BCUT2D eigenvalue weighted by Gasteiger charge is -2.36. The molecule has 0 radical (unpaired) electrons. The van der Waals surface area contributed by atoms with Crippen molar-refractivity contribution in [1.29, 1.82) is 0 Å². The summed E-state index contributed by atoms with van der Waals surface area (Å²) in [6.07, 6.45) is 3.70. The van der Waals surface area contributed by atoms with Crippen molar-refractivity contribution >= 4 is 35.0 Å². The van der Waals surface area contributed by atoms with Gasteiger partial charge in [-0.1, -0.05) is 17.7 Å². The molecule has 1 aliphatic carbocycles. The van der Waals surface area contributed by atoms with Crippen LogP contribution in [0.15, 0.2) is 35.7 Å². The molecular weight excluding hydrogens is 446 g/mol. The maximum atomic E-state index is 13.3. The van der Waals surface area contributed by atoms with E-state index in [9.17, 15) is 14.4 Å². The number of rotatable bonds is 7. The first kappa shape index (κ1) is 23.4. The number of ether oxygens (including phenoxy) is 1. The van der Waals surface area contributed by atoms with Crippen LogP contribution in [-0.2, 0) is 19.1 Å². The van der Waals surface area contributed by atoms with Crippen molar-refractivity contribution < 1.29 is 19.1 Å². The molecule has 4 rings (SSSR count). The highest BCUT2D eigenvalue weighted by molar-refractivity contribution is 6.31. The second kappa shape index (κ2) is 10.0. The van der Waals surface area contributed by atoms with E-state index in [0.717, 1.165) is 37.8 Å². The molecule has 1 spiro atoms. The molecule has 4 N–H and O–H groups in total. The highest BCUT2D eigenvalue weighted by Gasteiger charge is 2.49. The summed E-state index contributed by atoms with van der Waals surface area (Å²) in [5.74, 6) is -0.507. The van der Waals surface area contributed by atoms with Crippen LogP contribution in [0.1, 0.15) is 32.1 Å². The topological polar surface area (TPSA) is 112 Å². The van der Waals surface area contributed by atoms with E-state index in [2.05, 4.69) is 21.3 Å². The van der Waals surface area contributed by atoms with Gasteiger partial charge in [0.15, 0.2) is 0 Å². The van der Waals surface area contributed by atoms with E-state index in [1.54, 1.807) is 13.2 Å². The Bertz CT molecular complexity index is 958. The smallest absolute Gasteiger partial charge is 0.269 e. The number of methoxy groups -OCH3 is 1. The lowest BCUT2D eigenvalue weighted by molar-refractivity contribution is -0.127. The van der Waals surface area contributed by atoms with Gasteiger partial charge >= 0.3 is 0 Å². The minimum Gasteiger partial charge on any atom is -0.383 e. The average molecular weight is 476 g/mol. The zero-order valence-corrected chi connectivity index (χ0v) is 19.5. The van der Waals surface area contributed by atoms with E-state index < -0.39 is 0 Å². The largest absolute Gasteiger partial charge is 0.383 e. The van der Waals surface area contributed by atoms with Crippen LogP contribution in [0.5, 0.6) is 0 Å². The second-order valence-corrected chi connectivity index (χ2v) is 9.18. The molecule has 0 aromatic heterocycles. The number of amides is 3. The van der Waals surface area contributed by atoms with Gasteiger partial charge in [0.1, 0.15) is 11.4 Å². The molecule has 0 atom stereocenters. The molecule has 178 valence electrons. The van der Waals surface area contributed by atoms with Crippen molar-refractivity contribution in [3.05, 3.63) is 40.7 Å². The Kier molecular flexibility index (Phi) is 7.09. The lowest BCUT2D eigenvalue weighted by Crippen LogP contribution is -2.45. The van der Waals surface area contributed by atoms with Crippen molar-refractivity contribution in [2.75, 3.05) is 38.4 Å². The number of hydrogen-bond acceptors (Lipinski definition) is 6. The summed E-state index contributed by atoms with van der Waals surface area (Å²) in [4.78, 5) is 40.3. The van der Waals surface area contributed by atoms with Crippen LogP contribution >= 0.6 is 11.6 Å². The van der Waals surface area contributed by atoms with E-state index in [1.807, 2.05) is 23.1 Å². The van der Waals surface area contributed by atoms with Crippen LogP contribution < -0.4 is 26.2 Å². The summed E-state index contributed by atoms with van der Waals surface area (Å²) in [6.45, 7) is 1.75. The van der Waals surface area contributed by atoms with Gasteiger partial charge in [-0.25, -0.2) is 0 Å². The van der Waals surface area contributed by atoms with Gasteiger partial charge in [0, 0.05) is 37.0 Å². The van der Waals surface area contributed by atoms with Crippen LogP contribution in [0.25, 0.3) is 0 Å². The lowest BCUT2D eigenvalue weighted by atomic mass is 9.71. The van der Waals surface area contributed by atoms with Gasteiger partial charge in [0.2, 0.25) is 5.91 Å². The Balaban J connectivity index is 1.34. The third-order valence-corrected chi connectivity index (χ3v) is 6.97. The molecule has 2 aliphatic heterocycles. The summed E-state index contributed by atoms with van der Waals surface area (Å²) >= 11 is 6.11. The molecule has 0 bridgehead atoms. The van der Waals surface area contributed by atoms with Crippen LogP contribution in [0.2, 0.25) is 5.02 Å². The highest BCUT2D eigenvalue weighted by Crippen LogP contribution is 2.46. The summed E-state index contributed by atoms with van der Waals surface area (Å²) in [5.41, 5.74) is 0.943. The minimum absolute atomic E-state index is 0.0381. The SMILES string of the molecule is COCCNC(=O)C1=C(C(=O)NC2CCC3(CC2)CCN(c2cccc(Cl)c2)C3=O)NCN1. The molecular formula is C23H30ClN5O4. The number of carbonyl (C=O) groups excluding carboxylic acids is 3. The standard InChI is InChI=1S/C23H30ClN5O4/c1-33-12-10-25-20(30)18-19(27-14-26-18)21(31)28-16-5-7-23(8-6-16)9-11-29(22(23)32)17-4-2-3-15(24)13-17/h2-4,13,16,26-27H,5-12,14H2,1H3,(H,25,30)(H,28,31). The Labute approximate surface area is 198 Å². The van der Waals surface area contributed by atoms with Crippen molar-refractivity contribution in [2.24, 2.45) is 5.41 Å². The number of nitrogens with zero attached hydrogens (tertiary/aromatic N) is 1. The van der Waals surface area contributed by atoms with Crippen LogP contribution in [-0.4, -0.2) is 57.2 Å². The zero-order valence-electron chi connectivity index (χ0n) is 18.7. The first-order valence-electron chi connectivity index (χ1n) is 11.3. The summed E-state index contributed by atoms with van der Waals surface area (Å²) in [6, 6.07) is 7.35. The number of nitrogens with one attached hydrogen (secondary N) is 4. The monoisotopic (exact) mass is 475 g/mol. The number of anilines is 1. The molecule has 9 nitrogen and oxygen atoms in total. The fourth-order valence-electron chi connectivity index (χ4n) is 4.89. The molecule has 10 heteroatoms. The number of halogens is 1. The molecule has 2 heterocycles. The van der Waals surface area contributed by atoms with Crippen molar-refractivity contribution in [3.63, 3.8) is 0 Å². The maximum Gasteiger partial charge on any atom is 0.269 e. The first-order valence-corrected chi connectivity index (χ1v) is 11.7. The van der Waals surface area contributed by atoms with Gasteiger partial charge in [0.25, 0.3) is 11.8 Å². The molecule has 33 heavy (non-hydrogen) atoms. The van der Waals surface area contributed by atoms with Crippen LogP contribution in [0.4, 0.5) is 5.69 Å². The number of benzene rings is 1. The molecule has 1 aromatic rings. The maximum absolute atomic E-state index is 13.3. The van der Waals surface area contributed by atoms with Gasteiger partial charge < -0.3 is 30.9 Å². The van der Waals surface area contributed by atoms with Gasteiger partial charge in [-0.3, -0.25) is 14.4 Å². The number of hydrogen-bond donors (Lipinski definition) is 4. The second-order valence-electron chi connectivity index (χ2n) is 8.74. The predicted octanol–water partition coefficient (Wildman–Crippen LogP) is 1.25. The molecule has 0 unspecified atom stereocenters. The Morgan fingerprint density at radius 1 is 1.18 bits per heavy atom. The first-order chi connectivity index (χ1) is 15.9. The van der Waals surface area contributed by atoms with Crippen LogP contribution in [0.3, 0.4) is 0 Å². The fourth-order valence-corrected chi connectivity index (χ4v) is 5.07. The quantitative estimate of drug-likeness (QED) is 0.442. The predicted molar refractivity (Wildman–Crippen MR) is 124 cm³/mol. The molecule has 1 saturated carbocycles. The Hall–Kier alpha value is -2.78. The highest BCUT2D eigenvalue weighted by atomic mass is 35.5. The van der Waals surface area contributed by atoms with E-state index in [-0.39, 0.29) is 40.6 Å². The van der Waals surface area contributed by atoms with Gasteiger partial charge in [0.05, 0.1) is 18.7 Å². The van der Waals surface area contributed by atoms with Crippen molar-refractivity contribution in [1.82, 2.24) is 21.3 Å². The summed E-state index contributed by atoms with van der Waals surface area (Å²) in [7, 11) is 1.56. The summed E-state index contributed by atoms with van der Waals surface area (Å²) < 4.78 is 4.93. The third kappa shape index (κ3) is 4.94. The van der Waals surface area contributed by atoms with Crippen LogP contribution in [0, 0.1) is 5.41 Å². The molecule has 3 aliphatic rings. The Morgan fingerprint density at radius 3 is 2.61 bits per heavy atom. The van der Waals surface area contributed by atoms with E-state index in [4.69, 9.17) is 16.3 Å². The molecule has 1 saturated heterocycles. The van der Waals surface area contributed by atoms with Gasteiger partial charge in [-0.15, -0.1) is 0 Å². The normalized spacial score (nSPS) is 24.6. The average Bonchev–Trinajstić information content (AvgIpc) is 3.42. The van der Waals surface area contributed by atoms with E-state index >= 15 is 0 Å². The van der Waals surface area contributed by atoms with E-state index in [1.165, 1.54) is 0 Å². The van der Waals surface area contributed by atoms with E-state index in [0.29, 0.717) is 31.4 Å². The third-order valence-electron chi connectivity index (χ3n) is 6.74. The van der Waals surface area contributed by atoms with Crippen molar-refractivity contribution in [2.45, 2.75) is 38.1 Å². The van der Waals surface area contributed by atoms with Gasteiger partial charge in [-0.2, -0.15) is 0 Å². The fraction of sp³-hybridized carbons (Fsp3) is 0.522. The van der Waals surface area contributed by atoms with Gasteiger partial charge in [-0.05, 0) is 50.3 Å². The minimum atomic E-state index is -0.373. The number of carbonyl (C=O) groups is 3. The zero-order chi connectivity index (χ0) is 23.4. The molecule has 3 amide bonds.